The highest BCUT2D eigenvalue weighted by Gasteiger charge is 2.05. The molecule has 3 aromatic rings. The number of thiophene rings is 1. The van der Waals surface area contributed by atoms with Gasteiger partial charge in [-0.1, -0.05) is 29.8 Å². The van der Waals surface area contributed by atoms with Crippen LogP contribution in [0.15, 0.2) is 52.7 Å². The number of hydrogen-bond donors (Lipinski definition) is 1. The molecule has 0 saturated carbocycles. The molecule has 0 aliphatic carbocycles. The Morgan fingerprint density at radius 1 is 1.16 bits per heavy atom. The number of rotatable bonds is 3. The number of nitrogen functional groups attached to an aromatic ring is 1. The fraction of sp³-hybridized carbons (Fsp3) is 0.0667. The minimum atomic E-state index is 0.625. The van der Waals surface area contributed by atoms with Crippen molar-refractivity contribution in [1.29, 1.82) is 0 Å². The lowest BCUT2D eigenvalue weighted by atomic mass is 10.2. The van der Waals surface area contributed by atoms with Crippen LogP contribution in [0, 0.1) is 0 Å². The molecule has 0 unspecified atom stereocenters. The molecule has 2 aromatic carbocycles. The van der Waals surface area contributed by atoms with Gasteiger partial charge in [0.2, 0.25) is 0 Å². The van der Waals surface area contributed by atoms with Crippen molar-refractivity contribution >= 4 is 50.5 Å². The van der Waals surface area contributed by atoms with E-state index in [1.54, 1.807) is 23.1 Å². The van der Waals surface area contributed by atoms with E-state index < -0.39 is 0 Å². The molecule has 1 nitrogen and oxygen atoms in total. The third-order valence-electron chi connectivity index (χ3n) is 2.93. The Balaban J connectivity index is 1.80. The van der Waals surface area contributed by atoms with Crippen LogP contribution in [0.3, 0.4) is 0 Å². The van der Waals surface area contributed by atoms with Crippen LogP contribution in [-0.2, 0) is 5.75 Å². The standard InChI is InChI=1S/C15H12ClNS2/c16-13-7-11(5-6-14(13)17)18-8-10-9-19-15-4-2-1-3-12(10)15/h1-7,9H,8,17H2. The van der Waals surface area contributed by atoms with E-state index in [-0.39, 0.29) is 0 Å². The number of anilines is 1. The topological polar surface area (TPSA) is 26.0 Å². The lowest BCUT2D eigenvalue weighted by Gasteiger charge is -2.03. The zero-order valence-corrected chi connectivity index (χ0v) is 12.5. The van der Waals surface area contributed by atoms with Gasteiger partial charge in [0.1, 0.15) is 0 Å². The second-order valence-corrected chi connectivity index (χ2v) is 6.60. The maximum atomic E-state index is 6.03. The van der Waals surface area contributed by atoms with Crippen molar-refractivity contribution in [2.45, 2.75) is 10.6 Å². The minimum Gasteiger partial charge on any atom is -0.398 e. The first-order valence-electron chi connectivity index (χ1n) is 5.87. The van der Waals surface area contributed by atoms with Gasteiger partial charge in [0, 0.05) is 15.3 Å². The summed E-state index contributed by atoms with van der Waals surface area (Å²) in [6.45, 7) is 0. The van der Waals surface area contributed by atoms with Crippen LogP contribution >= 0.6 is 34.7 Å². The van der Waals surface area contributed by atoms with Crippen molar-refractivity contribution in [2.75, 3.05) is 5.73 Å². The van der Waals surface area contributed by atoms with E-state index in [2.05, 4.69) is 29.6 Å². The van der Waals surface area contributed by atoms with Gasteiger partial charge in [0.05, 0.1) is 10.7 Å². The zero-order chi connectivity index (χ0) is 13.2. The quantitative estimate of drug-likeness (QED) is 0.516. The maximum absolute atomic E-state index is 6.03. The highest BCUT2D eigenvalue weighted by Crippen LogP contribution is 2.33. The van der Waals surface area contributed by atoms with Crippen molar-refractivity contribution in [1.82, 2.24) is 0 Å². The molecular formula is C15H12ClNS2. The number of benzene rings is 2. The average molecular weight is 306 g/mol. The Hall–Kier alpha value is -1.16. The minimum absolute atomic E-state index is 0.625. The molecule has 0 aliphatic heterocycles. The zero-order valence-electron chi connectivity index (χ0n) is 10.1. The van der Waals surface area contributed by atoms with Gasteiger partial charge in [0.25, 0.3) is 0 Å². The van der Waals surface area contributed by atoms with E-state index in [0.29, 0.717) is 10.7 Å². The van der Waals surface area contributed by atoms with Crippen molar-refractivity contribution in [3.05, 3.63) is 58.4 Å². The first-order chi connectivity index (χ1) is 9.24. The fourth-order valence-corrected chi connectivity index (χ4v) is 4.14. The molecule has 0 spiro atoms. The summed E-state index contributed by atoms with van der Waals surface area (Å²) in [5.74, 6) is 0.949. The molecular weight excluding hydrogens is 294 g/mol. The lowest BCUT2D eigenvalue weighted by Crippen LogP contribution is -1.86. The highest BCUT2D eigenvalue weighted by molar-refractivity contribution is 7.98. The van der Waals surface area contributed by atoms with Crippen LogP contribution in [0.2, 0.25) is 5.02 Å². The Morgan fingerprint density at radius 2 is 2.00 bits per heavy atom. The normalized spacial score (nSPS) is 11.0. The SMILES string of the molecule is Nc1ccc(SCc2csc3ccccc23)cc1Cl. The predicted octanol–water partition coefficient (Wildman–Crippen LogP) is 5.43. The summed E-state index contributed by atoms with van der Waals surface area (Å²) in [6, 6.07) is 14.3. The van der Waals surface area contributed by atoms with Gasteiger partial charge in [-0.2, -0.15) is 0 Å². The molecule has 4 heteroatoms. The fourth-order valence-electron chi connectivity index (χ4n) is 1.90. The van der Waals surface area contributed by atoms with Gasteiger partial charge >= 0.3 is 0 Å². The summed E-state index contributed by atoms with van der Waals surface area (Å²) in [5.41, 5.74) is 7.72. The molecule has 2 N–H and O–H groups in total. The van der Waals surface area contributed by atoms with E-state index in [0.717, 1.165) is 10.6 Å². The van der Waals surface area contributed by atoms with E-state index >= 15 is 0 Å². The number of hydrogen-bond acceptors (Lipinski definition) is 3. The number of halogens is 1. The molecule has 1 aromatic heterocycles. The Bertz CT molecular complexity index is 721. The molecule has 0 aliphatic rings. The number of fused-ring (bicyclic) bond motifs is 1. The molecule has 0 bridgehead atoms. The third kappa shape index (κ3) is 2.73. The Kier molecular flexibility index (Phi) is 3.69. The van der Waals surface area contributed by atoms with Crippen LogP contribution in [0.1, 0.15) is 5.56 Å². The third-order valence-corrected chi connectivity index (χ3v) is 5.31. The second-order valence-electron chi connectivity index (χ2n) is 4.23. The molecule has 19 heavy (non-hydrogen) atoms. The molecule has 0 fully saturated rings. The second kappa shape index (κ2) is 5.45. The van der Waals surface area contributed by atoms with Gasteiger partial charge in [0.15, 0.2) is 0 Å². The van der Waals surface area contributed by atoms with Crippen LogP contribution in [-0.4, -0.2) is 0 Å². The summed E-state index contributed by atoms with van der Waals surface area (Å²) >= 11 is 9.61. The van der Waals surface area contributed by atoms with Gasteiger partial charge in [-0.15, -0.1) is 23.1 Å². The van der Waals surface area contributed by atoms with Crippen LogP contribution in [0.4, 0.5) is 5.69 Å². The summed E-state index contributed by atoms with van der Waals surface area (Å²) in [5, 5.41) is 4.21. The van der Waals surface area contributed by atoms with Gasteiger partial charge in [-0.3, -0.25) is 0 Å². The smallest absolute Gasteiger partial charge is 0.0646 e. The maximum Gasteiger partial charge on any atom is 0.0646 e. The molecule has 0 radical (unpaired) electrons. The molecule has 0 amide bonds. The van der Waals surface area contributed by atoms with Crippen molar-refractivity contribution in [3.8, 4) is 0 Å². The van der Waals surface area contributed by atoms with Crippen LogP contribution in [0.25, 0.3) is 10.1 Å². The van der Waals surface area contributed by atoms with Gasteiger partial charge in [-0.25, -0.2) is 0 Å². The van der Waals surface area contributed by atoms with E-state index in [9.17, 15) is 0 Å². The molecule has 1 heterocycles. The summed E-state index contributed by atoms with van der Waals surface area (Å²) in [7, 11) is 0. The lowest BCUT2D eigenvalue weighted by molar-refractivity contribution is 1.42. The van der Waals surface area contributed by atoms with Crippen molar-refractivity contribution in [3.63, 3.8) is 0 Å². The van der Waals surface area contributed by atoms with Gasteiger partial charge in [-0.05, 0) is 40.6 Å². The largest absolute Gasteiger partial charge is 0.398 e. The number of nitrogens with two attached hydrogens (primary N) is 1. The van der Waals surface area contributed by atoms with Crippen LogP contribution < -0.4 is 5.73 Å². The first kappa shape index (κ1) is 12.9. The molecule has 0 atom stereocenters. The summed E-state index contributed by atoms with van der Waals surface area (Å²) in [6.07, 6.45) is 0. The van der Waals surface area contributed by atoms with Crippen LogP contribution in [0.5, 0.6) is 0 Å². The summed E-state index contributed by atoms with van der Waals surface area (Å²) < 4.78 is 1.34. The predicted molar refractivity (Wildman–Crippen MR) is 87.3 cm³/mol. The van der Waals surface area contributed by atoms with E-state index in [1.165, 1.54) is 15.6 Å². The van der Waals surface area contributed by atoms with Gasteiger partial charge < -0.3 is 5.73 Å². The number of thioether (sulfide) groups is 1. The van der Waals surface area contributed by atoms with Crippen molar-refractivity contribution in [2.24, 2.45) is 0 Å². The highest BCUT2D eigenvalue weighted by atomic mass is 35.5. The average Bonchev–Trinajstić information content (AvgIpc) is 2.83. The molecule has 96 valence electrons. The van der Waals surface area contributed by atoms with E-state index in [1.807, 2.05) is 18.2 Å². The summed E-state index contributed by atoms with van der Waals surface area (Å²) in [4.78, 5) is 1.15. The molecule has 0 saturated heterocycles. The Labute approximate surface area is 125 Å². The molecule has 3 rings (SSSR count). The Morgan fingerprint density at radius 3 is 2.84 bits per heavy atom. The van der Waals surface area contributed by atoms with Crippen molar-refractivity contribution < 1.29 is 0 Å². The first-order valence-corrected chi connectivity index (χ1v) is 8.11. The monoisotopic (exact) mass is 305 g/mol. The van der Waals surface area contributed by atoms with E-state index in [4.69, 9.17) is 17.3 Å².